The fourth-order valence-electron chi connectivity index (χ4n) is 4.31. The molecular formula is C28H22FN3O3. The van der Waals surface area contributed by atoms with Gasteiger partial charge in [-0.3, -0.25) is 0 Å². The smallest absolute Gasteiger partial charge is 0.337 e. The van der Waals surface area contributed by atoms with Crippen LogP contribution in [0.15, 0.2) is 83.7 Å². The topological polar surface area (TPSA) is 88.2 Å². The SMILES string of the molecule is Cc1cc([C@H](C)Nc2ccccc2C(=O)O)c2cc(-c3ccc(F)cc3)c(-c3cnoc3)nc2c1. The van der Waals surface area contributed by atoms with E-state index in [1.54, 1.807) is 42.6 Å². The summed E-state index contributed by atoms with van der Waals surface area (Å²) in [7, 11) is 0. The number of benzene rings is 3. The minimum absolute atomic E-state index is 0.205. The van der Waals surface area contributed by atoms with Crippen LogP contribution < -0.4 is 5.32 Å². The number of pyridine rings is 1. The van der Waals surface area contributed by atoms with E-state index in [0.717, 1.165) is 38.7 Å². The number of halogens is 1. The molecule has 5 aromatic rings. The Labute approximate surface area is 201 Å². The molecule has 0 bridgehead atoms. The molecule has 0 saturated carbocycles. The molecule has 0 aliphatic rings. The van der Waals surface area contributed by atoms with Gasteiger partial charge in [0.2, 0.25) is 0 Å². The summed E-state index contributed by atoms with van der Waals surface area (Å²) in [5.41, 5.74) is 6.52. The number of carboxylic acids is 1. The van der Waals surface area contributed by atoms with E-state index >= 15 is 0 Å². The van der Waals surface area contributed by atoms with Gasteiger partial charge in [-0.25, -0.2) is 14.2 Å². The zero-order valence-electron chi connectivity index (χ0n) is 19.1. The lowest BCUT2D eigenvalue weighted by Crippen LogP contribution is -2.11. The van der Waals surface area contributed by atoms with Crippen LogP contribution in [-0.4, -0.2) is 21.2 Å². The number of aromatic carboxylic acids is 1. The maximum absolute atomic E-state index is 13.6. The van der Waals surface area contributed by atoms with Gasteiger partial charge in [0, 0.05) is 22.7 Å². The van der Waals surface area contributed by atoms with Gasteiger partial charge in [-0.15, -0.1) is 0 Å². The Kier molecular flexibility index (Phi) is 5.74. The van der Waals surface area contributed by atoms with Gasteiger partial charge in [0.05, 0.1) is 28.5 Å². The average molecular weight is 468 g/mol. The highest BCUT2D eigenvalue weighted by Crippen LogP contribution is 2.37. The third kappa shape index (κ3) is 4.36. The molecule has 0 radical (unpaired) electrons. The molecule has 5 rings (SSSR count). The van der Waals surface area contributed by atoms with Gasteiger partial charge in [-0.2, -0.15) is 0 Å². The molecule has 0 aliphatic carbocycles. The van der Waals surface area contributed by atoms with Gasteiger partial charge in [0.15, 0.2) is 0 Å². The number of aromatic nitrogens is 2. The number of carboxylic acid groups (broad SMARTS) is 1. The first-order chi connectivity index (χ1) is 16.9. The predicted octanol–water partition coefficient (Wildman–Crippen LogP) is 6.88. The van der Waals surface area contributed by atoms with E-state index < -0.39 is 5.97 Å². The van der Waals surface area contributed by atoms with Crippen LogP contribution in [0.25, 0.3) is 33.3 Å². The molecule has 1 atom stereocenters. The Bertz CT molecular complexity index is 1530. The number of para-hydroxylation sites is 1. The van der Waals surface area contributed by atoms with Crippen LogP contribution >= 0.6 is 0 Å². The number of hydrogen-bond donors (Lipinski definition) is 2. The largest absolute Gasteiger partial charge is 0.478 e. The van der Waals surface area contributed by atoms with Gasteiger partial charge in [0.25, 0.3) is 0 Å². The van der Waals surface area contributed by atoms with E-state index in [2.05, 4.69) is 16.5 Å². The van der Waals surface area contributed by atoms with Crippen LogP contribution in [0.2, 0.25) is 0 Å². The van der Waals surface area contributed by atoms with Gasteiger partial charge in [0.1, 0.15) is 12.1 Å². The average Bonchev–Trinajstić information content (AvgIpc) is 3.38. The highest BCUT2D eigenvalue weighted by atomic mass is 19.1. The third-order valence-corrected chi connectivity index (χ3v) is 5.97. The number of nitrogens with one attached hydrogen (secondary N) is 1. The summed E-state index contributed by atoms with van der Waals surface area (Å²) < 4.78 is 18.7. The molecule has 0 spiro atoms. The highest BCUT2D eigenvalue weighted by molar-refractivity contribution is 5.95. The van der Waals surface area contributed by atoms with Crippen molar-refractivity contribution in [3.63, 3.8) is 0 Å². The summed E-state index contributed by atoms with van der Waals surface area (Å²) in [5, 5.41) is 17.7. The first-order valence-corrected chi connectivity index (χ1v) is 11.1. The zero-order chi connectivity index (χ0) is 24.5. The summed E-state index contributed by atoms with van der Waals surface area (Å²) in [6, 6.07) is 19.0. The van der Waals surface area contributed by atoms with Crippen molar-refractivity contribution >= 4 is 22.6 Å². The minimum Gasteiger partial charge on any atom is -0.478 e. The van der Waals surface area contributed by atoms with Crippen LogP contribution in [0.4, 0.5) is 10.1 Å². The van der Waals surface area contributed by atoms with Gasteiger partial charge in [-0.05, 0) is 66.9 Å². The van der Waals surface area contributed by atoms with Crippen molar-refractivity contribution in [2.45, 2.75) is 19.9 Å². The van der Waals surface area contributed by atoms with Gasteiger partial charge in [-0.1, -0.05) is 35.5 Å². The molecular weight excluding hydrogens is 445 g/mol. The molecule has 35 heavy (non-hydrogen) atoms. The molecule has 6 nitrogen and oxygen atoms in total. The normalized spacial score (nSPS) is 12.0. The Morgan fingerprint density at radius 3 is 2.54 bits per heavy atom. The van der Waals surface area contributed by atoms with E-state index in [1.165, 1.54) is 18.4 Å². The maximum Gasteiger partial charge on any atom is 0.337 e. The van der Waals surface area contributed by atoms with Crippen molar-refractivity contribution in [2.24, 2.45) is 0 Å². The van der Waals surface area contributed by atoms with Crippen molar-refractivity contribution in [3.8, 4) is 22.4 Å². The Morgan fingerprint density at radius 1 is 1.06 bits per heavy atom. The molecule has 0 fully saturated rings. The van der Waals surface area contributed by atoms with Crippen LogP contribution in [0, 0.1) is 12.7 Å². The Hall–Kier alpha value is -4.52. The van der Waals surface area contributed by atoms with Crippen LogP contribution in [-0.2, 0) is 0 Å². The van der Waals surface area contributed by atoms with Crippen molar-refractivity contribution < 1.29 is 18.8 Å². The standard InChI is InChI=1S/C28H22FN3O3/c1-16-11-22(17(2)31-25-6-4-3-5-21(25)28(33)34)24-13-23(18-7-9-20(29)10-8-18)27(32-26(24)12-16)19-14-30-35-15-19/h3-15,17,31H,1-2H3,(H,33,34)/t17-/m0/s1. The van der Waals surface area contributed by atoms with E-state index in [9.17, 15) is 14.3 Å². The number of rotatable bonds is 6. The summed E-state index contributed by atoms with van der Waals surface area (Å²) in [4.78, 5) is 16.6. The monoisotopic (exact) mass is 467 g/mol. The lowest BCUT2D eigenvalue weighted by atomic mass is 9.94. The second-order valence-corrected chi connectivity index (χ2v) is 8.44. The predicted molar refractivity (Wildman–Crippen MR) is 133 cm³/mol. The van der Waals surface area contributed by atoms with Crippen molar-refractivity contribution in [1.29, 1.82) is 0 Å². The van der Waals surface area contributed by atoms with E-state index in [0.29, 0.717) is 11.4 Å². The van der Waals surface area contributed by atoms with Crippen LogP contribution in [0.1, 0.15) is 34.5 Å². The molecule has 0 saturated heterocycles. The summed E-state index contributed by atoms with van der Waals surface area (Å²) >= 11 is 0. The zero-order valence-corrected chi connectivity index (χ0v) is 19.1. The molecule has 2 aromatic heterocycles. The van der Waals surface area contributed by atoms with E-state index in [4.69, 9.17) is 9.51 Å². The molecule has 3 aromatic carbocycles. The third-order valence-electron chi connectivity index (χ3n) is 5.97. The second kappa shape index (κ2) is 9.02. The van der Waals surface area contributed by atoms with Gasteiger partial charge < -0.3 is 14.9 Å². The number of anilines is 1. The Balaban J connectivity index is 1.69. The highest BCUT2D eigenvalue weighted by Gasteiger charge is 2.19. The number of hydrogen-bond acceptors (Lipinski definition) is 5. The number of nitrogens with zero attached hydrogens (tertiary/aromatic N) is 2. The van der Waals surface area contributed by atoms with Gasteiger partial charge >= 0.3 is 5.97 Å². The number of aryl methyl sites for hydroxylation is 1. The van der Waals surface area contributed by atoms with Crippen LogP contribution in [0.3, 0.4) is 0 Å². The molecule has 7 heteroatoms. The minimum atomic E-state index is -0.993. The van der Waals surface area contributed by atoms with Crippen molar-refractivity contribution in [1.82, 2.24) is 10.1 Å². The molecule has 2 heterocycles. The lowest BCUT2D eigenvalue weighted by Gasteiger charge is -2.21. The fraction of sp³-hybridized carbons (Fsp3) is 0.107. The van der Waals surface area contributed by atoms with E-state index in [1.807, 2.05) is 26.0 Å². The number of carbonyl (C=O) groups is 1. The van der Waals surface area contributed by atoms with Crippen molar-refractivity contribution in [3.05, 3.63) is 102 Å². The maximum atomic E-state index is 13.6. The number of fused-ring (bicyclic) bond motifs is 1. The van der Waals surface area contributed by atoms with E-state index in [-0.39, 0.29) is 17.4 Å². The second-order valence-electron chi connectivity index (χ2n) is 8.44. The fourth-order valence-corrected chi connectivity index (χ4v) is 4.31. The summed E-state index contributed by atoms with van der Waals surface area (Å²) in [6.07, 6.45) is 3.13. The molecule has 0 unspecified atom stereocenters. The summed E-state index contributed by atoms with van der Waals surface area (Å²) in [6.45, 7) is 3.98. The first-order valence-electron chi connectivity index (χ1n) is 11.1. The van der Waals surface area contributed by atoms with Crippen LogP contribution in [0.5, 0.6) is 0 Å². The first kappa shape index (κ1) is 22.3. The molecule has 2 N–H and O–H groups in total. The van der Waals surface area contributed by atoms with Crippen molar-refractivity contribution in [2.75, 3.05) is 5.32 Å². The molecule has 0 amide bonds. The molecule has 174 valence electrons. The lowest BCUT2D eigenvalue weighted by molar-refractivity contribution is 0.0698. The summed E-state index contributed by atoms with van der Waals surface area (Å²) in [5.74, 6) is -1.31. The molecule has 0 aliphatic heterocycles. The Morgan fingerprint density at radius 2 is 1.83 bits per heavy atom. The quantitative estimate of drug-likeness (QED) is 0.283.